The number of nitrogens with zero attached hydrogens (tertiary/aromatic N) is 1. The van der Waals surface area contributed by atoms with Gasteiger partial charge in [-0.3, -0.25) is 0 Å². The standard InChI is InChI=1S/C15H21N5OS/c1-9(16)8-12(15(2,3)21)20-13(17)10-4-6-11(7-5-10)19-14(18)22/h4-8,21H,1,16H2,2-3H3,(H2,17,20)(H3,18,19,22)/b12-8-. The molecule has 0 atom stereocenters. The van der Waals surface area contributed by atoms with Crippen molar-refractivity contribution in [1.82, 2.24) is 0 Å². The molecule has 0 saturated heterocycles. The van der Waals surface area contributed by atoms with E-state index in [0.29, 0.717) is 11.3 Å². The third-order valence-corrected chi connectivity index (χ3v) is 2.74. The average molecular weight is 319 g/mol. The number of allylic oxidation sites excluding steroid dienone is 1. The quantitative estimate of drug-likeness (QED) is 0.240. The van der Waals surface area contributed by atoms with Crippen LogP contribution in [-0.2, 0) is 0 Å². The maximum absolute atomic E-state index is 10.1. The van der Waals surface area contributed by atoms with Crippen LogP contribution in [0.1, 0.15) is 19.4 Å². The largest absolute Gasteiger partial charge is 0.399 e. The fraction of sp³-hybridized carbons (Fsp3) is 0.200. The average Bonchev–Trinajstić information content (AvgIpc) is 2.36. The minimum atomic E-state index is -1.19. The van der Waals surface area contributed by atoms with E-state index >= 15 is 0 Å². The van der Waals surface area contributed by atoms with Crippen LogP contribution in [0.2, 0.25) is 0 Å². The molecule has 0 aliphatic carbocycles. The molecule has 1 aromatic rings. The van der Waals surface area contributed by atoms with Crippen LogP contribution >= 0.6 is 12.2 Å². The molecular formula is C15H21N5OS. The zero-order valence-electron chi connectivity index (χ0n) is 12.6. The summed E-state index contributed by atoms with van der Waals surface area (Å²) in [5, 5.41) is 13.1. The Morgan fingerprint density at radius 1 is 1.27 bits per heavy atom. The Kier molecular flexibility index (Phi) is 5.67. The molecule has 0 radical (unpaired) electrons. The van der Waals surface area contributed by atoms with Gasteiger partial charge in [0.1, 0.15) is 11.4 Å². The summed E-state index contributed by atoms with van der Waals surface area (Å²) in [5.74, 6) is 0.247. The highest BCUT2D eigenvalue weighted by atomic mass is 32.1. The third kappa shape index (κ3) is 5.55. The summed E-state index contributed by atoms with van der Waals surface area (Å²) >= 11 is 4.76. The maximum Gasteiger partial charge on any atom is 0.168 e. The second kappa shape index (κ2) is 7.06. The summed E-state index contributed by atoms with van der Waals surface area (Å²) in [7, 11) is 0. The van der Waals surface area contributed by atoms with Gasteiger partial charge in [-0.2, -0.15) is 0 Å². The number of nitrogens with one attached hydrogen (secondary N) is 1. The van der Waals surface area contributed by atoms with Crippen LogP contribution in [0.15, 0.2) is 53.3 Å². The summed E-state index contributed by atoms with van der Waals surface area (Å²) in [5.41, 5.74) is 17.8. The molecule has 0 heterocycles. The Labute approximate surface area is 135 Å². The van der Waals surface area contributed by atoms with Crippen LogP contribution in [0.25, 0.3) is 0 Å². The van der Waals surface area contributed by atoms with Crippen molar-refractivity contribution < 1.29 is 5.11 Å². The normalized spacial score (nSPS) is 12.9. The number of hydrogen-bond donors (Lipinski definition) is 5. The molecule has 22 heavy (non-hydrogen) atoms. The van der Waals surface area contributed by atoms with Crippen LogP contribution < -0.4 is 22.5 Å². The maximum atomic E-state index is 10.1. The SMILES string of the molecule is C=C(N)/C=C(\N=C(/N)c1ccc(NC(N)=S)cc1)C(C)(C)O. The van der Waals surface area contributed by atoms with Gasteiger partial charge in [-0.15, -0.1) is 0 Å². The molecule has 0 fully saturated rings. The number of rotatable bonds is 5. The molecule has 0 unspecified atom stereocenters. The van der Waals surface area contributed by atoms with Gasteiger partial charge in [0, 0.05) is 16.9 Å². The van der Waals surface area contributed by atoms with E-state index in [1.54, 1.807) is 38.1 Å². The summed E-state index contributed by atoms with van der Waals surface area (Å²) in [6.07, 6.45) is 1.48. The van der Waals surface area contributed by atoms with Crippen LogP contribution in [0.5, 0.6) is 0 Å². The third-order valence-electron chi connectivity index (χ3n) is 2.64. The van der Waals surface area contributed by atoms with Crippen molar-refractivity contribution in [2.24, 2.45) is 22.2 Å². The number of hydrogen-bond acceptors (Lipinski definition) is 4. The van der Waals surface area contributed by atoms with Crippen LogP contribution in [0, 0.1) is 0 Å². The number of anilines is 1. The lowest BCUT2D eigenvalue weighted by atomic mass is 10.0. The predicted molar refractivity (Wildman–Crippen MR) is 95.3 cm³/mol. The highest BCUT2D eigenvalue weighted by molar-refractivity contribution is 7.80. The summed E-state index contributed by atoms with van der Waals surface area (Å²) in [6.45, 7) is 6.76. The predicted octanol–water partition coefficient (Wildman–Crippen LogP) is 1.17. The van der Waals surface area contributed by atoms with E-state index in [-0.39, 0.29) is 16.6 Å². The van der Waals surface area contributed by atoms with Crippen molar-refractivity contribution in [2.45, 2.75) is 19.4 Å². The van der Waals surface area contributed by atoms with E-state index < -0.39 is 5.60 Å². The first kappa shape index (κ1) is 17.7. The molecule has 0 amide bonds. The zero-order valence-corrected chi connectivity index (χ0v) is 13.4. The first-order valence-electron chi connectivity index (χ1n) is 6.49. The zero-order chi connectivity index (χ0) is 16.9. The highest BCUT2D eigenvalue weighted by Gasteiger charge is 2.19. The monoisotopic (exact) mass is 319 g/mol. The van der Waals surface area contributed by atoms with Gasteiger partial charge in [0.05, 0.1) is 5.70 Å². The molecule has 0 saturated carbocycles. The first-order valence-corrected chi connectivity index (χ1v) is 6.90. The fourth-order valence-corrected chi connectivity index (χ4v) is 1.70. The van der Waals surface area contributed by atoms with Gasteiger partial charge in [-0.25, -0.2) is 4.99 Å². The van der Waals surface area contributed by atoms with Crippen molar-refractivity contribution in [3.05, 3.63) is 53.9 Å². The van der Waals surface area contributed by atoms with Crippen LogP contribution in [0.4, 0.5) is 5.69 Å². The number of thiocarbonyl (C=S) groups is 1. The van der Waals surface area contributed by atoms with Crippen molar-refractivity contribution in [2.75, 3.05) is 5.32 Å². The molecular weight excluding hydrogens is 298 g/mol. The van der Waals surface area contributed by atoms with Gasteiger partial charge in [0.15, 0.2) is 5.11 Å². The number of benzene rings is 1. The van der Waals surface area contributed by atoms with Gasteiger partial charge in [-0.1, -0.05) is 6.58 Å². The van der Waals surface area contributed by atoms with E-state index in [4.69, 9.17) is 29.4 Å². The van der Waals surface area contributed by atoms with Crippen molar-refractivity contribution >= 4 is 28.9 Å². The summed E-state index contributed by atoms with van der Waals surface area (Å²) in [6, 6.07) is 7.07. The Bertz CT molecular complexity index is 626. The number of aliphatic hydroxyl groups is 1. The topological polar surface area (TPSA) is 123 Å². The molecule has 8 N–H and O–H groups in total. The molecule has 118 valence electrons. The number of aliphatic imine (C=N–C) groups is 1. The van der Waals surface area contributed by atoms with Crippen molar-refractivity contribution in [1.29, 1.82) is 0 Å². The number of nitrogens with two attached hydrogens (primary N) is 3. The summed E-state index contributed by atoms with van der Waals surface area (Å²) in [4.78, 5) is 4.24. The van der Waals surface area contributed by atoms with Gasteiger partial charge < -0.3 is 27.6 Å². The fourth-order valence-electron chi connectivity index (χ4n) is 1.58. The Morgan fingerprint density at radius 2 is 1.82 bits per heavy atom. The lowest BCUT2D eigenvalue weighted by Crippen LogP contribution is -2.24. The van der Waals surface area contributed by atoms with Gasteiger partial charge in [0.2, 0.25) is 0 Å². The van der Waals surface area contributed by atoms with Gasteiger partial charge >= 0.3 is 0 Å². The molecule has 0 bridgehead atoms. The first-order chi connectivity index (χ1) is 10.1. The Morgan fingerprint density at radius 3 is 2.23 bits per heavy atom. The molecule has 0 aromatic heterocycles. The second-order valence-electron chi connectivity index (χ2n) is 5.23. The van der Waals surface area contributed by atoms with E-state index in [2.05, 4.69) is 16.9 Å². The molecule has 0 spiro atoms. The van der Waals surface area contributed by atoms with E-state index in [0.717, 1.165) is 5.69 Å². The smallest absolute Gasteiger partial charge is 0.168 e. The molecule has 1 rings (SSSR count). The van der Waals surface area contributed by atoms with Crippen LogP contribution in [0.3, 0.4) is 0 Å². The van der Waals surface area contributed by atoms with E-state index in [1.165, 1.54) is 6.08 Å². The lowest BCUT2D eigenvalue weighted by Gasteiger charge is -2.19. The minimum absolute atomic E-state index is 0.183. The molecule has 0 aliphatic rings. The van der Waals surface area contributed by atoms with Crippen LogP contribution in [-0.4, -0.2) is 21.7 Å². The molecule has 7 heteroatoms. The van der Waals surface area contributed by atoms with E-state index in [1.807, 2.05) is 0 Å². The summed E-state index contributed by atoms with van der Waals surface area (Å²) < 4.78 is 0. The molecule has 0 aliphatic heterocycles. The van der Waals surface area contributed by atoms with Crippen molar-refractivity contribution in [3.8, 4) is 0 Å². The molecule has 6 nitrogen and oxygen atoms in total. The second-order valence-corrected chi connectivity index (χ2v) is 5.67. The minimum Gasteiger partial charge on any atom is -0.399 e. The van der Waals surface area contributed by atoms with E-state index in [9.17, 15) is 5.11 Å². The highest BCUT2D eigenvalue weighted by Crippen LogP contribution is 2.19. The lowest BCUT2D eigenvalue weighted by molar-refractivity contribution is 0.118. The van der Waals surface area contributed by atoms with Gasteiger partial charge in [-0.05, 0) is 56.4 Å². The number of amidine groups is 1. The van der Waals surface area contributed by atoms with Gasteiger partial charge in [0.25, 0.3) is 0 Å². The Hall–Kier alpha value is -2.38. The molecule has 1 aromatic carbocycles. The Balaban J connectivity index is 3.09. The van der Waals surface area contributed by atoms with Crippen molar-refractivity contribution in [3.63, 3.8) is 0 Å².